The first-order valence-corrected chi connectivity index (χ1v) is 6.29. The largest absolute Gasteiger partial charge is 0.373 e. The van der Waals surface area contributed by atoms with Gasteiger partial charge >= 0.3 is 0 Å². The first-order chi connectivity index (χ1) is 8.91. The number of carbonyl (C=O) groups excluding carboxylic acids is 2. The van der Waals surface area contributed by atoms with Crippen molar-refractivity contribution in [1.82, 2.24) is 4.90 Å². The maximum atomic E-state index is 13.4. The highest BCUT2D eigenvalue weighted by Crippen LogP contribution is 2.23. The Morgan fingerprint density at radius 3 is 2.63 bits per heavy atom. The predicted molar refractivity (Wildman–Crippen MR) is 70.2 cm³/mol. The zero-order chi connectivity index (χ0) is 14.2. The zero-order valence-electron chi connectivity index (χ0n) is 11.2. The maximum Gasteiger partial charge on any atom is 0.252 e. The van der Waals surface area contributed by atoms with Crippen molar-refractivity contribution in [2.45, 2.75) is 39.3 Å². The van der Waals surface area contributed by atoms with E-state index < -0.39 is 6.04 Å². The average molecular weight is 264 g/mol. The molecule has 1 fully saturated rings. The SMILES string of the molecule is Cc1c(F)cccc1NC1CC(=O)N(C(C)C)C1=O. The summed E-state index contributed by atoms with van der Waals surface area (Å²) in [7, 11) is 0. The summed E-state index contributed by atoms with van der Waals surface area (Å²) in [6.07, 6.45) is 0.118. The third-order valence-corrected chi connectivity index (χ3v) is 3.30. The minimum Gasteiger partial charge on any atom is -0.373 e. The lowest BCUT2D eigenvalue weighted by Crippen LogP contribution is -2.39. The quantitative estimate of drug-likeness (QED) is 0.850. The van der Waals surface area contributed by atoms with Gasteiger partial charge in [0.2, 0.25) is 5.91 Å². The first-order valence-electron chi connectivity index (χ1n) is 6.29. The number of nitrogens with one attached hydrogen (secondary N) is 1. The van der Waals surface area contributed by atoms with Crippen LogP contribution in [0.15, 0.2) is 18.2 Å². The molecule has 1 aliphatic heterocycles. The van der Waals surface area contributed by atoms with Gasteiger partial charge in [-0.25, -0.2) is 4.39 Å². The molecule has 1 atom stereocenters. The Bertz CT molecular complexity index is 528. The van der Waals surface area contributed by atoms with Gasteiger partial charge in [-0.3, -0.25) is 14.5 Å². The summed E-state index contributed by atoms with van der Waals surface area (Å²) < 4.78 is 13.4. The predicted octanol–water partition coefficient (Wildman–Crippen LogP) is 2.08. The second-order valence-electron chi connectivity index (χ2n) is 5.01. The Hall–Kier alpha value is -1.91. The maximum absolute atomic E-state index is 13.4. The Morgan fingerprint density at radius 1 is 1.37 bits per heavy atom. The summed E-state index contributed by atoms with van der Waals surface area (Å²) in [5.74, 6) is -0.766. The topological polar surface area (TPSA) is 49.4 Å². The van der Waals surface area contributed by atoms with E-state index in [-0.39, 0.29) is 30.1 Å². The Kier molecular flexibility index (Phi) is 3.55. The normalized spacial score (nSPS) is 19.4. The number of carbonyl (C=O) groups is 2. The van der Waals surface area contributed by atoms with E-state index in [0.29, 0.717) is 11.3 Å². The van der Waals surface area contributed by atoms with Crippen LogP contribution in [0.5, 0.6) is 0 Å². The van der Waals surface area contributed by atoms with Crippen LogP contribution in [-0.4, -0.2) is 28.8 Å². The molecule has 1 aromatic carbocycles. The molecular formula is C14H17FN2O2. The van der Waals surface area contributed by atoms with Gasteiger partial charge in [-0.2, -0.15) is 0 Å². The van der Waals surface area contributed by atoms with Crippen LogP contribution in [0.3, 0.4) is 0 Å². The van der Waals surface area contributed by atoms with Gasteiger partial charge in [0.15, 0.2) is 0 Å². The van der Waals surface area contributed by atoms with Gasteiger partial charge in [-0.05, 0) is 32.9 Å². The van der Waals surface area contributed by atoms with E-state index in [1.165, 1.54) is 11.0 Å². The van der Waals surface area contributed by atoms with Gasteiger partial charge in [0.1, 0.15) is 11.9 Å². The number of amides is 2. The van der Waals surface area contributed by atoms with Crippen LogP contribution >= 0.6 is 0 Å². The van der Waals surface area contributed by atoms with Gasteiger partial charge < -0.3 is 5.32 Å². The Labute approximate surface area is 111 Å². The highest BCUT2D eigenvalue weighted by atomic mass is 19.1. The van der Waals surface area contributed by atoms with E-state index in [4.69, 9.17) is 0 Å². The lowest BCUT2D eigenvalue weighted by Gasteiger charge is -2.20. The molecule has 2 amide bonds. The van der Waals surface area contributed by atoms with E-state index in [9.17, 15) is 14.0 Å². The molecule has 0 saturated carbocycles. The molecule has 0 aliphatic carbocycles. The van der Waals surface area contributed by atoms with Crippen LogP contribution in [-0.2, 0) is 9.59 Å². The van der Waals surface area contributed by atoms with Crippen molar-refractivity contribution in [3.05, 3.63) is 29.6 Å². The van der Waals surface area contributed by atoms with E-state index in [1.807, 2.05) is 0 Å². The molecule has 102 valence electrons. The van der Waals surface area contributed by atoms with Crippen molar-refractivity contribution in [1.29, 1.82) is 0 Å². The molecule has 1 aliphatic rings. The van der Waals surface area contributed by atoms with Gasteiger partial charge in [-0.1, -0.05) is 6.07 Å². The van der Waals surface area contributed by atoms with Crippen molar-refractivity contribution < 1.29 is 14.0 Å². The lowest BCUT2D eigenvalue weighted by atomic mass is 10.1. The highest BCUT2D eigenvalue weighted by Gasteiger charge is 2.39. The number of likely N-dealkylation sites (tertiary alicyclic amines) is 1. The minimum absolute atomic E-state index is 0.118. The fraction of sp³-hybridized carbons (Fsp3) is 0.429. The number of hydrogen-bond acceptors (Lipinski definition) is 3. The van der Waals surface area contributed by atoms with Crippen LogP contribution in [0, 0.1) is 12.7 Å². The molecule has 19 heavy (non-hydrogen) atoms. The van der Waals surface area contributed by atoms with Crippen LogP contribution in [0.4, 0.5) is 10.1 Å². The summed E-state index contributed by atoms with van der Waals surface area (Å²) in [6, 6.07) is 3.89. The van der Waals surface area contributed by atoms with E-state index in [1.54, 1.807) is 32.9 Å². The number of hydrogen-bond donors (Lipinski definition) is 1. The molecular weight excluding hydrogens is 247 g/mol. The smallest absolute Gasteiger partial charge is 0.252 e. The minimum atomic E-state index is -0.601. The number of rotatable bonds is 3. The summed E-state index contributed by atoms with van der Waals surface area (Å²) >= 11 is 0. The summed E-state index contributed by atoms with van der Waals surface area (Å²) in [4.78, 5) is 25.1. The molecule has 1 aromatic rings. The molecule has 1 N–H and O–H groups in total. The fourth-order valence-corrected chi connectivity index (χ4v) is 2.26. The van der Waals surface area contributed by atoms with Gasteiger partial charge in [0, 0.05) is 17.3 Å². The van der Waals surface area contributed by atoms with Gasteiger partial charge in [-0.15, -0.1) is 0 Å². The molecule has 1 heterocycles. The number of nitrogens with zero attached hydrogens (tertiary/aromatic N) is 1. The molecule has 0 aromatic heterocycles. The van der Waals surface area contributed by atoms with Crippen molar-refractivity contribution in [3.63, 3.8) is 0 Å². The van der Waals surface area contributed by atoms with E-state index in [2.05, 4.69) is 5.32 Å². The van der Waals surface area contributed by atoms with E-state index in [0.717, 1.165) is 0 Å². The summed E-state index contributed by atoms with van der Waals surface area (Å²) in [5, 5.41) is 2.96. The third kappa shape index (κ3) is 2.45. The molecule has 2 rings (SSSR count). The van der Waals surface area contributed by atoms with Crippen LogP contribution in [0.1, 0.15) is 25.8 Å². The molecule has 4 nitrogen and oxygen atoms in total. The van der Waals surface area contributed by atoms with Crippen molar-refractivity contribution >= 4 is 17.5 Å². The average Bonchev–Trinajstić information content (AvgIpc) is 2.60. The van der Waals surface area contributed by atoms with Crippen LogP contribution in [0.2, 0.25) is 0 Å². The van der Waals surface area contributed by atoms with Crippen molar-refractivity contribution in [2.75, 3.05) is 5.32 Å². The van der Waals surface area contributed by atoms with Crippen molar-refractivity contribution in [3.8, 4) is 0 Å². The zero-order valence-corrected chi connectivity index (χ0v) is 11.2. The number of imide groups is 1. The molecule has 0 bridgehead atoms. The van der Waals surface area contributed by atoms with Gasteiger partial charge in [0.25, 0.3) is 5.91 Å². The summed E-state index contributed by atoms with van der Waals surface area (Å²) in [5.41, 5.74) is 1.00. The first kappa shape index (κ1) is 13.5. The van der Waals surface area contributed by atoms with Crippen LogP contribution < -0.4 is 5.32 Å². The summed E-state index contributed by atoms with van der Waals surface area (Å²) in [6.45, 7) is 5.23. The van der Waals surface area contributed by atoms with Crippen LogP contribution in [0.25, 0.3) is 0 Å². The van der Waals surface area contributed by atoms with Crippen molar-refractivity contribution in [2.24, 2.45) is 0 Å². The number of halogens is 1. The molecule has 1 saturated heterocycles. The second-order valence-corrected chi connectivity index (χ2v) is 5.01. The Balaban J connectivity index is 2.19. The molecule has 5 heteroatoms. The molecule has 1 unspecified atom stereocenters. The fourth-order valence-electron chi connectivity index (χ4n) is 2.26. The van der Waals surface area contributed by atoms with E-state index >= 15 is 0 Å². The monoisotopic (exact) mass is 264 g/mol. The third-order valence-electron chi connectivity index (χ3n) is 3.30. The number of anilines is 1. The Morgan fingerprint density at radius 2 is 2.05 bits per heavy atom. The molecule has 0 radical (unpaired) electrons. The molecule has 0 spiro atoms. The highest BCUT2D eigenvalue weighted by molar-refractivity contribution is 6.07. The van der Waals surface area contributed by atoms with Gasteiger partial charge in [0.05, 0.1) is 6.42 Å². The number of benzene rings is 1. The standard InChI is InChI=1S/C14H17FN2O2/c1-8(2)17-13(18)7-12(14(17)19)16-11-6-4-5-10(15)9(11)3/h4-6,8,12,16H,7H2,1-3H3. The second kappa shape index (κ2) is 4.99. The lowest BCUT2D eigenvalue weighted by molar-refractivity contribution is -0.140.